The van der Waals surface area contributed by atoms with Gasteiger partial charge in [-0.3, -0.25) is 38.4 Å². The van der Waals surface area contributed by atoms with Crippen LogP contribution in [0, 0.1) is 0 Å². The van der Waals surface area contributed by atoms with Crippen LogP contribution in [-0.4, -0.2) is 122 Å². The molecule has 0 radical (unpaired) electrons. The lowest BCUT2D eigenvalue weighted by molar-refractivity contribution is -0.344. The summed E-state index contributed by atoms with van der Waals surface area (Å²) in [5.41, 5.74) is 0. The van der Waals surface area contributed by atoms with E-state index in [1.807, 2.05) is 0 Å². The molecule has 19 heteroatoms. The molecule has 2 rings (SSSR count). The zero-order chi connectivity index (χ0) is 35.6. The molecule has 1 amide bonds. The van der Waals surface area contributed by atoms with E-state index in [2.05, 4.69) is 5.32 Å². The SMILES string of the molecule is CC(=O)N[C@@H]1[C@H](O[C@H]2[C@H](OC(C)=O)[C@@H](OC(C)=O)C(OC(C)=O)O[C@@H]2COC(C)=O)O[C@H](COC(C)=O)[C@H](OC(C)=O)[C@@H]1OC(C)=O. The van der Waals surface area contributed by atoms with Gasteiger partial charge >= 0.3 is 41.8 Å². The Kier molecular flexibility index (Phi) is 14.5. The second kappa shape index (κ2) is 17.5. The first kappa shape index (κ1) is 38.8. The molecule has 19 nitrogen and oxygen atoms in total. The smallest absolute Gasteiger partial charge is 0.305 e. The highest BCUT2D eigenvalue weighted by molar-refractivity contribution is 5.74. The highest BCUT2D eigenvalue weighted by atomic mass is 16.8. The van der Waals surface area contributed by atoms with Gasteiger partial charge in [-0.15, -0.1) is 0 Å². The second-order valence-electron chi connectivity index (χ2n) is 10.4. The molecule has 10 atom stereocenters. The van der Waals surface area contributed by atoms with Gasteiger partial charge in [-0.1, -0.05) is 0 Å². The molecular formula is C28H39NO18. The van der Waals surface area contributed by atoms with E-state index in [-0.39, 0.29) is 0 Å². The van der Waals surface area contributed by atoms with E-state index >= 15 is 0 Å². The molecule has 0 aromatic rings. The third-order valence-corrected chi connectivity index (χ3v) is 6.29. The van der Waals surface area contributed by atoms with Crippen LogP contribution < -0.4 is 5.32 Å². The van der Waals surface area contributed by atoms with Crippen molar-refractivity contribution in [3.8, 4) is 0 Å². The highest BCUT2D eigenvalue weighted by Crippen LogP contribution is 2.34. The average molecular weight is 678 g/mol. The molecule has 1 N–H and O–H groups in total. The molecule has 0 spiro atoms. The van der Waals surface area contributed by atoms with E-state index in [1.165, 1.54) is 0 Å². The summed E-state index contributed by atoms with van der Waals surface area (Å²) in [6.07, 6.45) is -14.1. The quantitative estimate of drug-likeness (QED) is 0.187. The molecule has 1 unspecified atom stereocenters. The van der Waals surface area contributed by atoms with Gasteiger partial charge in [0.2, 0.25) is 18.3 Å². The molecule has 0 aromatic heterocycles. The Hall–Kier alpha value is -4.36. The fourth-order valence-corrected chi connectivity index (χ4v) is 4.84. The summed E-state index contributed by atoms with van der Waals surface area (Å²) < 4.78 is 55.1. The van der Waals surface area contributed by atoms with Crippen molar-refractivity contribution >= 4 is 47.7 Å². The van der Waals surface area contributed by atoms with Crippen LogP contribution >= 0.6 is 0 Å². The number of esters is 7. The summed E-state index contributed by atoms with van der Waals surface area (Å²) >= 11 is 0. The van der Waals surface area contributed by atoms with Gasteiger partial charge in [0.05, 0.1) is 0 Å². The number of carbonyl (C=O) groups is 8. The Labute approximate surface area is 269 Å². The van der Waals surface area contributed by atoms with Gasteiger partial charge < -0.3 is 52.7 Å². The molecule has 0 bridgehead atoms. The van der Waals surface area contributed by atoms with Crippen molar-refractivity contribution in [2.24, 2.45) is 0 Å². The van der Waals surface area contributed by atoms with Gasteiger partial charge in [-0.05, 0) is 0 Å². The summed E-state index contributed by atoms with van der Waals surface area (Å²) in [6.45, 7) is 7.31. The van der Waals surface area contributed by atoms with Gasteiger partial charge in [0, 0.05) is 55.4 Å². The van der Waals surface area contributed by atoms with E-state index in [0.717, 1.165) is 55.4 Å². The number of rotatable bonds is 12. The molecule has 264 valence electrons. The predicted octanol–water partition coefficient (Wildman–Crippen LogP) is -1.26. The zero-order valence-electron chi connectivity index (χ0n) is 27.0. The Morgan fingerprint density at radius 1 is 0.468 bits per heavy atom. The first-order valence-electron chi connectivity index (χ1n) is 14.3. The van der Waals surface area contributed by atoms with Gasteiger partial charge in [0.25, 0.3) is 0 Å². The van der Waals surface area contributed by atoms with Crippen LogP contribution in [-0.2, 0) is 85.7 Å². The minimum Gasteiger partial charge on any atom is -0.463 e. The minimum atomic E-state index is -1.72. The van der Waals surface area contributed by atoms with Crippen LogP contribution in [0.15, 0.2) is 0 Å². The van der Waals surface area contributed by atoms with E-state index < -0.39 is 122 Å². The fraction of sp³-hybridized carbons (Fsp3) is 0.714. The number of carbonyl (C=O) groups excluding carboxylic acids is 8. The Morgan fingerprint density at radius 3 is 1.32 bits per heavy atom. The summed E-state index contributed by atoms with van der Waals surface area (Å²) in [7, 11) is 0. The van der Waals surface area contributed by atoms with Crippen molar-refractivity contribution < 1.29 is 85.7 Å². The maximum Gasteiger partial charge on any atom is 0.305 e. The van der Waals surface area contributed by atoms with Crippen molar-refractivity contribution in [3.05, 3.63) is 0 Å². The van der Waals surface area contributed by atoms with Gasteiger partial charge in [-0.25, -0.2) is 0 Å². The summed E-state index contributed by atoms with van der Waals surface area (Å²) in [4.78, 5) is 96.5. The van der Waals surface area contributed by atoms with Crippen LogP contribution in [0.2, 0.25) is 0 Å². The lowest BCUT2D eigenvalue weighted by Crippen LogP contribution is -2.69. The van der Waals surface area contributed by atoms with Crippen molar-refractivity contribution in [2.75, 3.05) is 13.2 Å². The van der Waals surface area contributed by atoms with Crippen LogP contribution in [0.1, 0.15) is 55.4 Å². The van der Waals surface area contributed by atoms with Gasteiger partial charge in [-0.2, -0.15) is 0 Å². The normalized spacial score (nSPS) is 30.0. The summed E-state index contributed by atoms with van der Waals surface area (Å²) in [5, 5.41) is 2.51. The second-order valence-corrected chi connectivity index (χ2v) is 10.4. The molecular weight excluding hydrogens is 638 g/mol. The number of hydrogen-bond acceptors (Lipinski definition) is 18. The third-order valence-electron chi connectivity index (χ3n) is 6.29. The predicted molar refractivity (Wildman–Crippen MR) is 147 cm³/mol. The average Bonchev–Trinajstić information content (AvgIpc) is 2.91. The number of hydrogen-bond donors (Lipinski definition) is 1. The Bertz CT molecular complexity index is 1200. The molecule has 2 aliphatic heterocycles. The van der Waals surface area contributed by atoms with Crippen LogP contribution in [0.25, 0.3) is 0 Å². The minimum absolute atomic E-state index is 0.562. The Morgan fingerprint density at radius 2 is 0.872 bits per heavy atom. The zero-order valence-corrected chi connectivity index (χ0v) is 27.0. The summed E-state index contributed by atoms with van der Waals surface area (Å²) in [5.74, 6) is -6.64. The monoisotopic (exact) mass is 677 g/mol. The molecule has 2 saturated heterocycles. The number of ether oxygens (including phenoxy) is 10. The van der Waals surface area contributed by atoms with Gasteiger partial charge in [0.15, 0.2) is 24.6 Å². The highest BCUT2D eigenvalue weighted by Gasteiger charge is 2.57. The molecule has 0 saturated carbocycles. The standard InChI is InChI=1S/C28H39NO18/c1-11(30)29-21-24(41-15(5)34)22(40-14(4)33)19(9-38-12(2)31)45-27(21)47-23-20(10-39-13(3)32)46-28(44-18(8)37)26(43-17(7)36)25(23)42-16(6)35/h19-28H,9-10H2,1-8H3,(H,29,30)/t19-,20-,21+,22+,23-,24-,25+,26-,27+,28?/m1/s1. The van der Waals surface area contributed by atoms with Crippen molar-refractivity contribution in [1.82, 2.24) is 5.32 Å². The molecule has 2 heterocycles. The fourth-order valence-electron chi connectivity index (χ4n) is 4.84. The third kappa shape index (κ3) is 12.1. The molecule has 0 aromatic carbocycles. The maximum absolute atomic E-state index is 12.4. The van der Waals surface area contributed by atoms with Crippen LogP contribution in [0.5, 0.6) is 0 Å². The van der Waals surface area contributed by atoms with E-state index in [1.54, 1.807) is 0 Å². The first-order chi connectivity index (χ1) is 21.9. The molecule has 0 aliphatic carbocycles. The first-order valence-corrected chi connectivity index (χ1v) is 14.3. The van der Waals surface area contributed by atoms with E-state index in [0.29, 0.717) is 0 Å². The Balaban J connectivity index is 2.73. The molecule has 2 fully saturated rings. The summed E-state index contributed by atoms with van der Waals surface area (Å²) in [6, 6.07) is -1.47. The van der Waals surface area contributed by atoms with Gasteiger partial charge in [0.1, 0.15) is 37.6 Å². The van der Waals surface area contributed by atoms with Crippen molar-refractivity contribution in [1.29, 1.82) is 0 Å². The largest absolute Gasteiger partial charge is 0.463 e. The number of amides is 1. The lowest BCUT2D eigenvalue weighted by Gasteiger charge is -2.49. The van der Waals surface area contributed by atoms with Crippen LogP contribution in [0.4, 0.5) is 0 Å². The van der Waals surface area contributed by atoms with E-state index in [4.69, 9.17) is 47.4 Å². The molecule has 47 heavy (non-hydrogen) atoms. The van der Waals surface area contributed by atoms with E-state index in [9.17, 15) is 38.4 Å². The van der Waals surface area contributed by atoms with Crippen LogP contribution in [0.3, 0.4) is 0 Å². The van der Waals surface area contributed by atoms with Crippen molar-refractivity contribution in [2.45, 2.75) is 117 Å². The molecule has 2 aliphatic rings. The van der Waals surface area contributed by atoms with Crippen molar-refractivity contribution in [3.63, 3.8) is 0 Å². The topological polar surface area (TPSA) is 241 Å². The number of nitrogens with one attached hydrogen (secondary N) is 1. The maximum atomic E-state index is 12.4. The lowest BCUT2D eigenvalue weighted by atomic mass is 9.94.